The van der Waals surface area contributed by atoms with Crippen molar-refractivity contribution in [3.05, 3.63) is 33.9 Å². The Kier molecular flexibility index (Phi) is 4.86. The Morgan fingerprint density at radius 2 is 2.00 bits per heavy atom. The quantitative estimate of drug-likeness (QED) is 0.481. The molecule has 0 radical (unpaired) electrons. The monoisotopic (exact) mass is 388 g/mol. The smallest absolute Gasteiger partial charge is 0.331 e. The molecular weight excluding hydrogens is 364 g/mol. The molecule has 4 amide bonds. The SMILES string of the molecule is CCCC1N(C)c2ccc([N+](=O)[O-])cc2CC12C(=O)NC(=O)N(C(C)C)C2=O. The van der Waals surface area contributed by atoms with E-state index in [1.54, 1.807) is 27.0 Å². The minimum absolute atomic E-state index is 0.0141. The lowest BCUT2D eigenvalue weighted by Crippen LogP contribution is -2.72. The van der Waals surface area contributed by atoms with Gasteiger partial charge in [0.25, 0.3) is 5.69 Å². The second-order valence-electron chi connectivity index (χ2n) is 7.66. The fourth-order valence-corrected chi connectivity index (χ4v) is 4.39. The second-order valence-corrected chi connectivity index (χ2v) is 7.66. The van der Waals surface area contributed by atoms with Gasteiger partial charge in [0, 0.05) is 37.3 Å². The van der Waals surface area contributed by atoms with Gasteiger partial charge in [-0.3, -0.25) is 29.9 Å². The Morgan fingerprint density at radius 3 is 2.57 bits per heavy atom. The standard InChI is InChI=1S/C19H24N4O5/c1-5-6-15-19(16(24)20-18(26)22(11(2)3)17(19)25)10-12-9-13(23(27)28)7-8-14(12)21(15)4/h7-9,11,15H,5-6,10H2,1-4H3,(H,20,24,26). The molecule has 0 bridgehead atoms. The number of fused-ring (bicyclic) bond motifs is 1. The zero-order valence-corrected chi connectivity index (χ0v) is 16.4. The number of hydrogen-bond donors (Lipinski definition) is 1. The number of non-ortho nitro benzene ring substituents is 1. The number of carbonyl (C=O) groups is 3. The summed E-state index contributed by atoms with van der Waals surface area (Å²) in [6.07, 6.45) is 1.31. The van der Waals surface area contributed by atoms with Gasteiger partial charge in [-0.05, 0) is 31.9 Å². The van der Waals surface area contributed by atoms with Crippen LogP contribution in [0.25, 0.3) is 0 Å². The fourth-order valence-electron chi connectivity index (χ4n) is 4.39. The summed E-state index contributed by atoms with van der Waals surface area (Å²) in [5.74, 6) is -1.18. The summed E-state index contributed by atoms with van der Waals surface area (Å²) in [6, 6.07) is 2.87. The zero-order valence-electron chi connectivity index (χ0n) is 16.4. The molecular formula is C19H24N4O5. The molecule has 150 valence electrons. The van der Waals surface area contributed by atoms with E-state index in [-0.39, 0.29) is 12.1 Å². The van der Waals surface area contributed by atoms with Crippen LogP contribution in [0.2, 0.25) is 0 Å². The van der Waals surface area contributed by atoms with Gasteiger partial charge in [-0.1, -0.05) is 13.3 Å². The maximum absolute atomic E-state index is 13.5. The van der Waals surface area contributed by atoms with Crippen molar-refractivity contribution in [2.24, 2.45) is 5.41 Å². The van der Waals surface area contributed by atoms with Gasteiger partial charge in [0.15, 0.2) is 5.41 Å². The highest BCUT2D eigenvalue weighted by atomic mass is 16.6. The van der Waals surface area contributed by atoms with Gasteiger partial charge in [0.05, 0.1) is 11.0 Å². The highest BCUT2D eigenvalue weighted by Crippen LogP contribution is 2.46. The molecule has 0 aliphatic carbocycles. The van der Waals surface area contributed by atoms with Crippen LogP contribution in [-0.4, -0.2) is 46.8 Å². The van der Waals surface area contributed by atoms with Crippen molar-refractivity contribution in [1.82, 2.24) is 10.2 Å². The lowest BCUT2D eigenvalue weighted by atomic mass is 9.67. The molecule has 0 saturated carbocycles. The average Bonchev–Trinajstić information content (AvgIpc) is 2.62. The van der Waals surface area contributed by atoms with Crippen molar-refractivity contribution < 1.29 is 19.3 Å². The van der Waals surface area contributed by atoms with Crippen LogP contribution in [-0.2, 0) is 16.0 Å². The average molecular weight is 388 g/mol. The van der Waals surface area contributed by atoms with Crippen LogP contribution in [0.4, 0.5) is 16.2 Å². The summed E-state index contributed by atoms with van der Waals surface area (Å²) in [5.41, 5.74) is -0.309. The van der Waals surface area contributed by atoms with Gasteiger partial charge in [0.2, 0.25) is 11.8 Å². The number of carbonyl (C=O) groups excluding carboxylic acids is 3. The number of hydrogen-bond acceptors (Lipinski definition) is 6. The maximum atomic E-state index is 13.5. The van der Waals surface area contributed by atoms with E-state index in [4.69, 9.17) is 0 Å². The van der Waals surface area contributed by atoms with Crippen molar-refractivity contribution in [3.8, 4) is 0 Å². The molecule has 2 atom stereocenters. The Bertz CT molecular complexity index is 868. The first-order valence-electron chi connectivity index (χ1n) is 9.34. The number of barbiturate groups is 1. The second kappa shape index (κ2) is 6.88. The number of nitrogens with zero attached hydrogens (tertiary/aromatic N) is 3. The van der Waals surface area contributed by atoms with Gasteiger partial charge < -0.3 is 4.90 Å². The predicted octanol–water partition coefficient (Wildman–Crippen LogP) is 2.23. The molecule has 1 aromatic rings. The summed E-state index contributed by atoms with van der Waals surface area (Å²) in [6.45, 7) is 5.38. The Morgan fingerprint density at radius 1 is 1.32 bits per heavy atom. The van der Waals surface area contributed by atoms with Gasteiger partial charge >= 0.3 is 6.03 Å². The lowest BCUT2D eigenvalue weighted by Gasteiger charge is -2.51. The van der Waals surface area contributed by atoms with E-state index in [9.17, 15) is 24.5 Å². The molecule has 9 nitrogen and oxygen atoms in total. The highest BCUT2D eigenvalue weighted by molar-refractivity contribution is 6.20. The summed E-state index contributed by atoms with van der Waals surface area (Å²) >= 11 is 0. The van der Waals surface area contributed by atoms with Crippen LogP contribution in [0.3, 0.4) is 0 Å². The van der Waals surface area contributed by atoms with E-state index in [1.807, 2.05) is 11.8 Å². The number of amides is 4. The van der Waals surface area contributed by atoms with Gasteiger partial charge in [-0.15, -0.1) is 0 Å². The first-order chi connectivity index (χ1) is 13.1. The topological polar surface area (TPSA) is 113 Å². The molecule has 1 spiro atoms. The zero-order chi connectivity index (χ0) is 20.8. The summed E-state index contributed by atoms with van der Waals surface area (Å²) in [7, 11) is 1.78. The number of imide groups is 2. The van der Waals surface area contributed by atoms with E-state index in [1.165, 1.54) is 12.1 Å². The number of nitrogens with one attached hydrogen (secondary N) is 1. The van der Waals surface area contributed by atoms with E-state index in [0.29, 0.717) is 12.0 Å². The molecule has 1 N–H and O–H groups in total. The van der Waals surface area contributed by atoms with Crippen LogP contribution in [0, 0.1) is 15.5 Å². The maximum Gasteiger partial charge on any atom is 0.331 e. The molecule has 2 heterocycles. The number of benzene rings is 1. The normalized spacial score (nSPS) is 24.6. The number of anilines is 1. The van der Waals surface area contributed by atoms with Crippen molar-refractivity contribution in [3.63, 3.8) is 0 Å². The first kappa shape index (κ1) is 19.8. The van der Waals surface area contributed by atoms with E-state index >= 15 is 0 Å². The van der Waals surface area contributed by atoms with Crippen molar-refractivity contribution in [2.75, 3.05) is 11.9 Å². The summed E-state index contributed by atoms with van der Waals surface area (Å²) in [5, 5.41) is 13.6. The van der Waals surface area contributed by atoms with Crippen molar-refractivity contribution in [1.29, 1.82) is 0 Å². The molecule has 28 heavy (non-hydrogen) atoms. The van der Waals surface area contributed by atoms with E-state index in [2.05, 4.69) is 5.32 Å². The number of nitro benzene ring substituents is 1. The third kappa shape index (κ3) is 2.73. The molecule has 2 aliphatic heterocycles. The van der Waals surface area contributed by atoms with Crippen LogP contribution >= 0.6 is 0 Å². The molecule has 2 unspecified atom stereocenters. The predicted molar refractivity (Wildman–Crippen MR) is 102 cm³/mol. The molecule has 3 rings (SSSR count). The van der Waals surface area contributed by atoms with Crippen molar-refractivity contribution in [2.45, 2.75) is 52.1 Å². The third-order valence-corrected chi connectivity index (χ3v) is 5.68. The molecule has 2 aliphatic rings. The molecule has 1 fully saturated rings. The van der Waals surface area contributed by atoms with E-state index in [0.717, 1.165) is 17.0 Å². The molecule has 9 heteroatoms. The Hall–Kier alpha value is -2.97. The van der Waals surface area contributed by atoms with Crippen LogP contribution in [0.5, 0.6) is 0 Å². The Balaban J connectivity index is 2.20. The largest absolute Gasteiger partial charge is 0.370 e. The van der Waals surface area contributed by atoms with Crippen LogP contribution in [0.1, 0.15) is 39.2 Å². The minimum Gasteiger partial charge on any atom is -0.370 e. The van der Waals surface area contributed by atoms with E-state index < -0.39 is 40.3 Å². The minimum atomic E-state index is -1.51. The number of rotatable bonds is 4. The summed E-state index contributed by atoms with van der Waals surface area (Å²) < 4.78 is 0. The third-order valence-electron chi connectivity index (χ3n) is 5.68. The van der Waals surface area contributed by atoms with Crippen LogP contribution < -0.4 is 10.2 Å². The van der Waals surface area contributed by atoms with Gasteiger partial charge in [0.1, 0.15) is 0 Å². The number of urea groups is 1. The lowest BCUT2D eigenvalue weighted by molar-refractivity contribution is -0.384. The molecule has 1 saturated heterocycles. The van der Waals surface area contributed by atoms with Gasteiger partial charge in [-0.25, -0.2) is 4.79 Å². The molecule has 1 aromatic carbocycles. The first-order valence-corrected chi connectivity index (χ1v) is 9.34. The number of nitro groups is 1. The molecule has 0 aromatic heterocycles. The Labute approximate surface area is 162 Å². The van der Waals surface area contributed by atoms with Crippen molar-refractivity contribution >= 4 is 29.2 Å². The highest BCUT2D eigenvalue weighted by Gasteiger charge is 2.61. The summed E-state index contributed by atoms with van der Waals surface area (Å²) in [4.78, 5) is 52.5. The fraction of sp³-hybridized carbons (Fsp3) is 0.526. The van der Waals surface area contributed by atoms with Gasteiger partial charge in [-0.2, -0.15) is 0 Å². The van der Waals surface area contributed by atoms with Crippen LogP contribution in [0.15, 0.2) is 18.2 Å².